The van der Waals surface area contributed by atoms with Crippen LogP contribution in [0, 0.1) is 0 Å². The minimum Gasteiger partial charge on any atom is -0.407 e. The molecule has 106 valence electrons. The highest BCUT2D eigenvalue weighted by atomic mass is 16.4. The Kier molecular flexibility index (Phi) is 3.97. The summed E-state index contributed by atoms with van der Waals surface area (Å²) in [6.45, 7) is 3.61. The Bertz CT molecular complexity index is 536. The van der Waals surface area contributed by atoms with Crippen LogP contribution in [0.2, 0.25) is 0 Å². The molecule has 1 saturated carbocycles. The summed E-state index contributed by atoms with van der Waals surface area (Å²) in [5.41, 5.74) is 1.30. The molecule has 1 unspecified atom stereocenters. The minimum absolute atomic E-state index is 0.399. The molecule has 1 atom stereocenters. The van der Waals surface area contributed by atoms with Gasteiger partial charge in [0.05, 0.1) is 6.54 Å². The van der Waals surface area contributed by atoms with Crippen LogP contribution < -0.4 is 10.6 Å². The van der Waals surface area contributed by atoms with Gasteiger partial charge in [-0.05, 0) is 24.3 Å². The molecule has 1 fully saturated rings. The van der Waals surface area contributed by atoms with Crippen LogP contribution in [0.3, 0.4) is 0 Å². The number of nitrogens with one attached hydrogen (secondary N) is 2. The lowest BCUT2D eigenvalue weighted by Crippen LogP contribution is -2.15. The highest BCUT2D eigenvalue weighted by molar-refractivity contribution is 5.23. The predicted molar refractivity (Wildman–Crippen MR) is 77.5 cm³/mol. The Morgan fingerprint density at radius 2 is 2.05 bits per heavy atom. The molecule has 1 aliphatic carbocycles. The van der Waals surface area contributed by atoms with Crippen LogP contribution in [-0.2, 0) is 6.54 Å². The quantitative estimate of drug-likeness (QED) is 0.811. The van der Waals surface area contributed by atoms with E-state index in [0.29, 0.717) is 30.4 Å². The van der Waals surface area contributed by atoms with E-state index >= 15 is 0 Å². The Hall–Kier alpha value is -1.88. The van der Waals surface area contributed by atoms with Gasteiger partial charge in [0, 0.05) is 12.6 Å². The van der Waals surface area contributed by atoms with Gasteiger partial charge < -0.3 is 15.1 Å². The van der Waals surface area contributed by atoms with Crippen molar-refractivity contribution in [1.82, 2.24) is 15.5 Å². The lowest BCUT2D eigenvalue weighted by Gasteiger charge is -2.11. The average molecular weight is 272 g/mol. The number of benzene rings is 1. The molecule has 1 aromatic heterocycles. The smallest absolute Gasteiger partial charge is 0.315 e. The summed E-state index contributed by atoms with van der Waals surface area (Å²) in [6.07, 6.45) is 2.52. The SMILES string of the molecule is CC(CNc1nnc(CNC2CC2)o1)c1ccccc1. The summed E-state index contributed by atoms with van der Waals surface area (Å²) in [5.74, 6) is 1.04. The highest BCUT2D eigenvalue weighted by Gasteiger charge is 2.21. The van der Waals surface area contributed by atoms with Crippen LogP contribution in [0.1, 0.15) is 37.1 Å². The number of hydrogen-bond donors (Lipinski definition) is 2. The molecule has 5 heteroatoms. The number of aromatic nitrogens is 2. The van der Waals surface area contributed by atoms with Crippen molar-refractivity contribution in [3.8, 4) is 0 Å². The van der Waals surface area contributed by atoms with Crippen molar-refractivity contribution in [1.29, 1.82) is 0 Å². The van der Waals surface area contributed by atoms with Gasteiger partial charge >= 0.3 is 6.01 Å². The van der Waals surface area contributed by atoms with E-state index in [0.717, 1.165) is 6.54 Å². The summed E-state index contributed by atoms with van der Waals surface area (Å²) in [5, 5.41) is 14.6. The lowest BCUT2D eigenvalue weighted by molar-refractivity contribution is 0.475. The van der Waals surface area contributed by atoms with Gasteiger partial charge in [-0.3, -0.25) is 0 Å². The maximum absolute atomic E-state index is 5.55. The van der Waals surface area contributed by atoms with Gasteiger partial charge in [0.25, 0.3) is 0 Å². The maximum Gasteiger partial charge on any atom is 0.315 e. The van der Waals surface area contributed by atoms with Crippen LogP contribution >= 0.6 is 0 Å². The van der Waals surface area contributed by atoms with E-state index in [-0.39, 0.29) is 0 Å². The van der Waals surface area contributed by atoms with Crippen LogP contribution in [0.5, 0.6) is 0 Å². The van der Waals surface area contributed by atoms with Gasteiger partial charge in [-0.2, -0.15) is 0 Å². The minimum atomic E-state index is 0.399. The molecule has 0 saturated heterocycles. The molecule has 3 rings (SSSR count). The fourth-order valence-electron chi connectivity index (χ4n) is 2.06. The topological polar surface area (TPSA) is 63.0 Å². The third kappa shape index (κ3) is 3.57. The molecule has 1 aromatic carbocycles. The zero-order chi connectivity index (χ0) is 13.8. The van der Waals surface area contributed by atoms with Gasteiger partial charge in [-0.1, -0.05) is 42.4 Å². The third-order valence-electron chi connectivity index (χ3n) is 3.51. The summed E-state index contributed by atoms with van der Waals surface area (Å²) in [6, 6.07) is 11.6. The summed E-state index contributed by atoms with van der Waals surface area (Å²) < 4.78 is 5.55. The number of rotatable bonds is 7. The summed E-state index contributed by atoms with van der Waals surface area (Å²) in [7, 11) is 0. The molecule has 0 radical (unpaired) electrons. The summed E-state index contributed by atoms with van der Waals surface area (Å²) in [4.78, 5) is 0. The van der Waals surface area contributed by atoms with Gasteiger partial charge in [-0.15, -0.1) is 5.10 Å². The van der Waals surface area contributed by atoms with Crippen molar-refractivity contribution in [3.63, 3.8) is 0 Å². The van der Waals surface area contributed by atoms with E-state index in [2.05, 4.69) is 52.0 Å². The maximum atomic E-state index is 5.55. The molecule has 1 heterocycles. The molecule has 5 nitrogen and oxygen atoms in total. The predicted octanol–water partition coefficient (Wildman–Crippen LogP) is 2.54. The monoisotopic (exact) mass is 272 g/mol. The second kappa shape index (κ2) is 6.05. The van der Waals surface area contributed by atoms with Crippen molar-refractivity contribution < 1.29 is 4.42 Å². The third-order valence-corrected chi connectivity index (χ3v) is 3.51. The van der Waals surface area contributed by atoms with Crippen molar-refractivity contribution in [2.45, 2.75) is 38.3 Å². The zero-order valence-corrected chi connectivity index (χ0v) is 11.7. The Labute approximate surface area is 118 Å². The second-order valence-electron chi connectivity index (χ2n) is 5.35. The molecule has 2 N–H and O–H groups in total. The van der Waals surface area contributed by atoms with Crippen LogP contribution in [0.15, 0.2) is 34.7 Å². The Balaban J connectivity index is 1.47. The molecule has 20 heavy (non-hydrogen) atoms. The lowest BCUT2D eigenvalue weighted by atomic mass is 10.0. The molecule has 1 aliphatic rings. The second-order valence-corrected chi connectivity index (χ2v) is 5.35. The first-order valence-corrected chi connectivity index (χ1v) is 7.16. The number of nitrogens with zero attached hydrogens (tertiary/aromatic N) is 2. The fraction of sp³-hybridized carbons (Fsp3) is 0.467. The highest BCUT2D eigenvalue weighted by Crippen LogP contribution is 2.19. The zero-order valence-electron chi connectivity index (χ0n) is 11.7. The average Bonchev–Trinajstić information content (AvgIpc) is 3.22. The van der Waals surface area contributed by atoms with Crippen LogP contribution in [-0.4, -0.2) is 22.8 Å². The van der Waals surface area contributed by atoms with Crippen molar-refractivity contribution in [3.05, 3.63) is 41.8 Å². The standard InChI is InChI=1S/C15H20N4O/c1-11(12-5-3-2-4-6-12)9-17-15-19-18-14(20-15)10-16-13-7-8-13/h2-6,11,13,16H,7-10H2,1H3,(H,17,19). The van der Waals surface area contributed by atoms with E-state index in [4.69, 9.17) is 4.42 Å². The van der Waals surface area contributed by atoms with Crippen LogP contribution in [0.25, 0.3) is 0 Å². The molecular formula is C15H20N4O. The normalized spacial score (nSPS) is 16.1. The molecule has 0 spiro atoms. The molecular weight excluding hydrogens is 252 g/mol. The number of anilines is 1. The van der Waals surface area contributed by atoms with Crippen molar-refractivity contribution in [2.75, 3.05) is 11.9 Å². The van der Waals surface area contributed by atoms with E-state index in [1.807, 2.05) is 6.07 Å². The first-order valence-electron chi connectivity index (χ1n) is 7.16. The van der Waals surface area contributed by atoms with Gasteiger partial charge in [0.1, 0.15) is 0 Å². The van der Waals surface area contributed by atoms with Crippen molar-refractivity contribution in [2.24, 2.45) is 0 Å². The van der Waals surface area contributed by atoms with Gasteiger partial charge in [0.15, 0.2) is 0 Å². The number of hydrogen-bond acceptors (Lipinski definition) is 5. The fourth-order valence-corrected chi connectivity index (χ4v) is 2.06. The molecule has 0 aliphatic heterocycles. The first-order chi connectivity index (χ1) is 9.81. The van der Waals surface area contributed by atoms with Gasteiger partial charge in [0.2, 0.25) is 5.89 Å². The summed E-state index contributed by atoms with van der Waals surface area (Å²) >= 11 is 0. The molecule has 0 amide bonds. The van der Waals surface area contributed by atoms with Crippen LogP contribution in [0.4, 0.5) is 6.01 Å². The Morgan fingerprint density at radius 3 is 2.80 bits per heavy atom. The van der Waals surface area contributed by atoms with E-state index < -0.39 is 0 Å². The van der Waals surface area contributed by atoms with E-state index in [1.54, 1.807) is 0 Å². The molecule has 2 aromatic rings. The molecule has 0 bridgehead atoms. The van der Waals surface area contributed by atoms with Crippen molar-refractivity contribution >= 4 is 6.01 Å². The Morgan fingerprint density at radius 1 is 1.25 bits per heavy atom. The van der Waals surface area contributed by atoms with E-state index in [9.17, 15) is 0 Å². The van der Waals surface area contributed by atoms with Gasteiger partial charge in [-0.25, -0.2) is 0 Å². The first kappa shape index (κ1) is 13.1. The van der Waals surface area contributed by atoms with E-state index in [1.165, 1.54) is 18.4 Å². The largest absolute Gasteiger partial charge is 0.407 e.